The van der Waals surface area contributed by atoms with Gasteiger partial charge in [-0.15, -0.1) is 0 Å². The van der Waals surface area contributed by atoms with Gasteiger partial charge in [-0.1, -0.05) is 0 Å². The molecule has 4 heteroatoms. The fourth-order valence-electron chi connectivity index (χ4n) is 2.93. The minimum atomic E-state index is -0.131. The Kier molecular flexibility index (Phi) is 2.93. The Labute approximate surface area is 111 Å². The van der Waals surface area contributed by atoms with Crippen molar-refractivity contribution in [1.29, 1.82) is 0 Å². The van der Waals surface area contributed by atoms with Gasteiger partial charge in [0.1, 0.15) is 5.75 Å². The Morgan fingerprint density at radius 1 is 1.47 bits per heavy atom. The monoisotopic (exact) mass is 259 g/mol. The van der Waals surface area contributed by atoms with E-state index in [1.807, 2.05) is 13.0 Å². The van der Waals surface area contributed by atoms with E-state index in [1.54, 1.807) is 12.1 Å². The summed E-state index contributed by atoms with van der Waals surface area (Å²) in [6, 6.07) is 7.48. The smallest absolute Gasteiger partial charge is 0.306 e. The molecular formula is C15H17NO3. The topological polar surface area (TPSA) is 51.5 Å². The van der Waals surface area contributed by atoms with Crippen LogP contribution in [-0.2, 0) is 16.1 Å². The van der Waals surface area contributed by atoms with E-state index in [-0.39, 0.29) is 17.6 Å². The zero-order valence-corrected chi connectivity index (χ0v) is 10.9. The summed E-state index contributed by atoms with van der Waals surface area (Å²) in [7, 11) is 0. The van der Waals surface area contributed by atoms with Gasteiger partial charge in [-0.25, -0.2) is 0 Å². The van der Waals surface area contributed by atoms with Crippen LogP contribution in [0.1, 0.15) is 31.4 Å². The van der Waals surface area contributed by atoms with Crippen molar-refractivity contribution in [2.45, 2.75) is 32.2 Å². The Morgan fingerprint density at radius 2 is 2.32 bits per heavy atom. The number of phenolic OH excluding ortho intramolecular Hbond substituents is 1. The average molecular weight is 259 g/mol. The lowest BCUT2D eigenvalue weighted by molar-refractivity contribution is -0.143. The first kappa shape index (κ1) is 12.1. The SMILES string of the molecule is CCOC(=O)CC1CCn2c1cc1cc(O)ccc12. The fraction of sp³-hybridized carbons (Fsp3) is 0.400. The number of fused-ring (bicyclic) bond motifs is 3. The lowest BCUT2D eigenvalue weighted by Gasteiger charge is -2.07. The van der Waals surface area contributed by atoms with Crippen LogP contribution in [-0.4, -0.2) is 22.2 Å². The highest BCUT2D eigenvalue weighted by atomic mass is 16.5. The van der Waals surface area contributed by atoms with Gasteiger partial charge in [-0.2, -0.15) is 0 Å². The van der Waals surface area contributed by atoms with Crippen LogP contribution in [0.25, 0.3) is 10.9 Å². The van der Waals surface area contributed by atoms with E-state index in [1.165, 1.54) is 5.69 Å². The normalized spacial score (nSPS) is 17.6. The maximum atomic E-state index is 11.6. The summed E-state index contributed by atoms with van der Waals surface area (Å²) in [4.78, 5) is 11.6. The first-order valence-electron chi connectivity index (χ1n) is 6.67. The van der Waals surface area contributed by atoms with E-state index < -0.39 is 0 Å². The molecule has 1 aromatic heterocycles. The van der Waals surface area contributed by atoms with Crippen molar-refractivity contribution in [2.24, 2.45) is 0 Å². The molecule has 0 spiro atoms. The third-order valence-electron chi connectivity index (χ3n) is 3.75. The largest absolute Gasteiger partial charge is 0.508 e. The molecule has 0 fully saturated rings. The van der Waals surface area contributed by atoms with Gasteiger partial charge in [0.05, 0.1) is 13.0 Å². The van der Waals surface area contributed by atoms with E-state index >= 15 is 0 Å². The maximum Gasteiger partial charge on any atom is 0.306 e. The molecule has 1 aromatic carbocycles. The van der Waals surface area contributed by atoms with Crippen LogP contribution in [0.15, 0.2) is 24.3 Å². The molecule has 3 rings (SSSR count). The summed E-state index contributed by atoms with van der Waals surface area (Å²) < 4.78 is 7.26. The second-order valence-corrected chi connectivity index (χ2v) is 4.96. The zero-order valence-electron chi connectivity index (χ0n) is 10.9. The quantitative estimate of drug-likeness (QED) is 0.862. The van der Waals surface area contributed by atoms with Gasteiger partial charge < -0.3 is 14.4 Å². The van der Waals surface area contributed by atoms with Crippen molar-refractivity contribution in [3.63, 3.8) is 0 Å². The van der Waals surface area contributed by atoms with E-state index in [0.717, 1.165) is 23.9 Å². The summed E-state index contributed by atoms with van der Waals surface area (Å²) >= 11 is 0. The zero-order chi connectivity index (χ0) is 13.4. The molecule has 1 aliphatic heterocycles. The number of hydrogen-bond acceptors (Lipinski definition) is 3. The molecule has 1 atom stereocenters. The molecule has 19 heavy (non-hydrogen) atoms. The first-order valence-corrected chi connectivity index (χ1v) is 6.67. The average Bonchev–Trinajstić information content (AvgIpc) is 2.89. The molecule has 1 unspecified atom stereocenters. The predicted octanol–water partition coefficient (Wildman–Crippen LogP) is 2.79. The highest BCUT2D eigenvalue weighted by molar-refractivity contribution is 5.83. The van der Waals surface area contributed by atoms with Gasteiger partial charge in [0.25, 0.3) is 0 Å². The number of carbonyl (C=O) groups is 1. The molecule has 2 aromatic rings. The number of esters is 1. The van der Waals surface area contributed by atoms with Gasteiger partial charge in [-0.05, 0) is 37.6 Å². The predicted molar refractivity (Wildman–Crippen MR) is 72.2 cm³/mol. The van der Waals surface area contributed by atoms with Crippen molar-refractivity contribution in [2.75, 3.05) is 6.61 Å². The van der Waals surface area contributed by atoms with Gasteiger partial charge in [-0.3, -0.25) is 4.79 Å². The van der Waals surface area contributed by atoms with Gasteiger partial charge in [0.15, 0.2) is 0 Å². The second kappa shape index (κ2) is 4.61. The Bertz CT molecular complexity index is 630. The van der Waals surface area contributed by atoms with Crippen LogP contribution in [0.3, 0.4) is 0 Å². The number of nitrogens with zero attached hydrogens (tertiary/aromatic N) is 1. The number of hydrogen-bond donors (Lipinski definition) is 1. The van der Waals surface area contributed by atoms with Crippen LogP contribution < -0.4 is 0 Å². The van der Waals surface area contributed by atoms with E-state index in [0.29, 0.717) is 13.0 Å². The van der Waals surface area contributed by atoms with Crippen molar-refractivity contribution < 1.29 is 14.6 Å². The number of phenols is 1. The number of aryl methyl sites for hydroxylation is 1. The molecule has 0 saturated carbocycles. The van der Waals surface area contributed by atoms with Crippen LogP contribution in [0.4, 0.5) is 0 Å². The summed E-state index contributed by atoms with van der Waals surface area (Å²) in [6.45, 7) is 3.18. The third kappa shape index (κ3) is 2.07. The van der Waals surface area contributed by atoms with Crippen molar-refractivity contribution >= 4 is 16.9 Å². The number of aromatic nitrogens is 1. The fourth-order valence-corrected chi connectivity index (χ4v) is 2.93. The molecule has 0 amide bonds. The molecule has 0 radical (unpaired) electrons. The van der Waals surface area contributed by atoms with Crippen LogP contribution in [0.2, 0.25) is 0 Å². The molecule has 100 valence electrons. The number of rotatable bonds is 3. The van der Waals surface area contributed by atoms with E-state index in [4.69, 9.17) is 4.74 Å². The van der Waals surface area contributed by atoms with Crippen LogP contribution in [0, 0.1) is 0 Å². The third-order valence-corrected chi connectivity index (χ3v) is 3.75. The summed E-state index contributed by atoms with van der Waals surface area (Å²) in [5, 5.41) is 10.6. The highest BCUT2D eigenvalue weighted by Crippen LogP contribution is 2.37. The molecule has 0 bridgehead atoms. The standard InChI is InChI=1S/C15H17NO3/c1-2-19-15(18)9-10-5-6-16-13-4-3-12(17)7-11(13)8-14(10)16/h3-4,7-8,10,17H,2,5-6,9H2,1H3. The molecular weight excluding hydrogens is 242 g/mol. The van der Waals surface area contributed by atoms with E-state index in [2.05, 4.69) is 10.6 Å². The number of ether oxygens (including phenoxy) is 1. The Morgan fingerprint density at radius 3 is 3.11 bits per heavy atom. The summed E-state index contributed by atoms with van der Waals surface area (Å²) in [5.41, 5.74) is 2.30. The lowest BCUT2D eigenvalue weighted by atomic mass is 10.0. The number of benzene rings is 1. The second-order valence-electron chi connectivity index (χ2n) is 4.96. The molecule has 0 saturated heterocycles. The van der Waals surface area contributed by atoms with Gasteiger partial charge >= 0.3 is 5.97 Å². The summed E-state index contributed by atoms with van der Waals surface area (Å²) in [6.07, 6.45) is 1.42. The van der Waals surface area contributed by atoms with Crippen LogP contribution in [0.5, 0.6) is 5.75 Å². The van der Waals surface area contributed by atoms with Crippen LogP contribution >= 0.6 is 0 Å². The van der Waals surface area contributed by atoms with Gasteiger partial charge in [0, 0.05) is 29.1 Å². The molecule has 2 heterocycles. The molecule has 4 nitrogen and oxygen atoms in total. The van der Waals surface area contributed by atoms with Crippen molar-refractivity contribution in [1.82, 2.24) is 4.57 Å². The lowest BCUT2D eigenvalue weighted by Crippen LogP contribution is -2.08. The minimum Gasteiger partial charge on any atom is -0.508 e. The molecule has 1 N–H and O–H groups in total. The molecule has 1 aliphatic rings. The van der Waals surface area contributed by atoms with Gasteiger partial charge in [0.2, 0.25) is 0 Å². The Hall–Kier alpha value is -1.97. The molecule has 0 aliphatic carbocycles. The number of aromatic hydroxyl groups is 1. The maximum absolute atomic E-state index is 11.6. The first-order chi connectivity index (χ1) is 9.19. The minimum absolute atomic E-state index is 0.131. The van der Waals surface area contributed by atoms with Crippen molar-refractivity contribution in [3.8, 4) is 5.75 Å². The summed E-state index contributed by atoms with van der Waals surface area (Å²) in [5.74, 6) is 0.376. The number of carbonyl (C=O) groups excluding carboxylic acids is 1. The van der Waals surface area contributed by atoms with Crippen molar-refractivity contribution in [3.05, 3.63) is 30.0 Å². The Balaban J connectivity index is 1.91. The highest BCUT2D eigenvalue weighted by Gasteiger charge is 2.27. The van der Waals surface area contributed by atoms with E-state index in [9.17, 15) is 9.90 Å².